The van der Waals surface area contributed by atoms with Crippen LogP contribution in [-0.2, 0) is 35.6 Å². The van der Waals surface area contributed by atoms with Gasteiger partial charge in [0.25, 0.3) is 10.1 Å². The monoisotopic (exact) mass is 379 g/mol. The lowest BCUT2D eigenvalue weighted by Gasteiger charge is -2.35. The van der Waals surface area contributed by atoms with E-state index < -0.39 is 30.8 Å². The number of sulfonamides is 1. The van der Waals surface area contributed by atoms with Gasteiger partial charge in [-0.25, -0.2) is 8.42 Å². The van der Waals surface area contributed by atoms with Gasteiger partial charge in [0.1, 0.15) is 4.75 Å². The molecule has 1 aliphatic carbocycles. The third kappa shape index (κ3) is 2.51. The maximum Gasteiger partial charge on any atom is 0.267 e. The van der Waals surface area contributed by atoms with E-state index in [9.17, 15) is 16.8 Å². The van der Waals surface area contributed by atoms with Crippen molar-refractivity contribution in [2.45, 2.75) is 24.6 Å². The van der Waals surface area contributed by atoms with E-state index in [0.717, 1.165) is 12.7 Å². The first-order valence-electron chi connectivity index (χ1n) is 7.25. The van der Waals surface area contributed by atoms with Crippen LogP contribution in [-0.4, -0.2) is 40.5 Å². The molecule has 2 aliphatic rings. The molecule has 0 bridgehead atoms. The largest absolute Gasteiger partial charge is 0.273 e. The molecule has 9 heteroatoms. The lowest BCUT2D eigenvalue weighted by molar-refractivity contribution is 0.388. The normalized spacial score (nSPS) is 29.4. The molecule has 6 nitrogen and oxygen atoms in total. The van der Waals surface area contributed by atoms with E-state index in [2.05, 4.69) is 4.18 Å². The fraction of sp³-hybridized carbons (Fsp3) is 0.571. The number of halogens is 1. The summed E-state index contributed by atoms with van der Waals surface area (Å²) in [5, 5.41) is 0.448. The van der Waals surface area contributed by atoms with Crippen molar-refractivity contribution in [2.24, 2.45) is 5.92 Å². The Kier molecular flexibility index (Phi) is 4.04. The van der Waals surface area contributed by atoms with E-state index in [0.29, 0.717) is 17.1 Å². The van der Waals surface area contributed by atoms with E-state index in [1.54, 1.807) is 19.1 Å². The van der Waals surface area contributed by atoms with E-state index in [1.165, 1.54) is 4.31 Å². The first-order valence-corrected chi connectivity index (χ1v) is 10.6. The van der Waals surface area contributed by atoms with E-state index in [4.69, 9.17) is 11.6 Å². The van der Waals surface area contributed by atoms with Crippen molar-refractivity contribution in [1.29, 1.82) is 0 Å². The van der Waals surface area contributed by atoms with Crippen molar-refractivity contribution in [3.63, 3.8) is 0 Å². The molecule has 0 saturated heterocycles. The fourth-order valence-electron chi connectivity index (χ4n) is 3.47. The first kappa shape index (κ1) is 17.2. The van der Waals surface area contributed by atoms with Crippen LogP contribution in [0.2, 0.25) is 5.02 Å². The van der Waals surface area contributed by atoms with Crippen molar-refractivity contribution in [3.8, 4) is 0 Å². The van der Waals surface area contributed by atoms with Gasteiger partial charge in [-0.1, -0.05) is 24.6 Å². The van der Waals surface area contributed by atoms with Crippen LogP contribution in [0.25, 0.3) is 0 Å². The molecule has 2 atom stereocenters. The minimum absolute atomic E-state index is 0.266. The maximum absolute atomic E-state index is 13.0. The van der Waals surface area contributed by atoms with Crippen LogP contribution in [0.4, 0.5) is 0 Å². The Labute approximate surface area is 141 Å². The highest BCUT2D eigenvalue weighted by atomic mass is 35.5. The van der Waals surface area contributed by atoms with Crippen LogP contribution in [0.5, 0.6) is 0 Å². The van der Waals surface area contributed by atoms with E-state index in [1.807, 2.05) is 6.07 Å². The van der Waals surface area contributed by atoms with Gasteiger partial charge in [0.2, 0.25) is 10.0 Å². The van der Waals surface area contributed by atoms with Crippen molar-refractivity contribution in [1.82, 2.24) is 4.31 Å². The van der Waals surface area contributed by atoms with Crippen molar-refractivity contribution in [2.75, 3.05) is 19.4 Å². The predicted molar refractivity (Wildman–Crippen MR) is 87.0 cm³/mol. The number of hydrogen-bond acceptors (Lipinski definition) is 5. The Morgan fingerprint density at radius 2 is 2.13 bits per heavy atom. The Balaban J connectivity index is 2.13. The smallest absolute Gasteiger partial charge is 0.267 e. The molecule has 0 radical (unpaired) electrons. The Bertz CT molecular complexity index is 852. The van der Waals surface area contributed by atoms with Crippen molar-refractivity contribution >= 4 is 31.7 Å². The first-order chi connectivity index (χ1) is 10.7. The molecular formula is C14H18ClNO5S2. The highest BCUT2D eigenvalue weighted by molar-refractivity contribution is 7.90. The van der Waals surface area contributed by atoms with Crippen LogP contribution in [0.3, 0.4) is 0 Å². The van der Waals surface area contributed by atoms with Gasteiger partial charge in [-0.3, -0.25) is 4.18 Å². The third-order valence-electron chi connectivity index (χ3n) is 4.74. The zero-order valence-corrected chi connectivity index (χ0v) is 15.2. The fourth-order valence-corrected chi connectivity index (χ4v) is 7.27. The van der Waals surface area contributed by atoms with Gasteiger partial charge in [-0.2, -0.15) is 12.7 Å². The summed E-state index contributed by atoms with van der Waals surface area (Å²) in [6, 6.07) is 5.20. The van der Waals surface area contributed by atoms with Crippen molar-refractivity contribution in [3.05, 3.63) is 34.3 Å². The van der Waals surface area contributed by atoms with Gasteiger partial charge >= 0.3 is 0 Å². The lowest BCUT2D eigenvalue weighted by atomic mass is 10.0. The van der Waals surface area contributed by atoms with Gasteiger partial charge in [-0.15, -0.1) is 0 Å². The summed E-state index contributed by atoms with van der Waals surface area (Å²) in [6.07, 6.45) is 0.266. The average molecular weight is 380 g/mol. The van der Waals surface area contributed by atoms with Crippen LogP contribution >= 0.6 is 11.6 Å². The molecule has 0 N–H and O–H groups in total. The summed E-state index contributed by atoms with van der Waals surface area (Å²) in [4.78, 5) is 0. The summed E-state index contributed by atoms with van der Waals surface area (Å²) in [7, 11) is -6.29. The second-order valence-electron chi connectivity index (χ2n) is 5.91. The van der Waals surface area contributed by atoms with Crippen LogP contribution < -0.4 is 0 Å². The molecule has 1 saturated carbocycles. The average Bonchev–Trinajstić information content (AvgIpc) is 3.19. The van der Waals surface area contributed by atoms with E-state index >= 15 is 0 Å². The quantitative estimate of drug-likeness (QED) is 0.744. The van der Waals surface area contributed by atoms with Gasteiger partial charge in [-0.05, 0) is 29.7 Å². The highest BCUT2D eigenvalue weighted by Crippen LogP contribution is 2.62. The molecule has 1 aromatic rings. The van der Waals surface area contributed by atoms with Crippen LogP contribution in [0.15, 0.2) is 18.2 Å². The third-order valence-corrected chi connectivity index (χ3v) is 9.00. The SMILES string of the molecule is CCN1Cc2ccc(Cl)cc2C2(CC2CS(=O)(=O)OC)S1(=O)=O. The number of hydrogen-bond donors (Lipinski definition) is 0. The second-order valence-corrected chi connectivity index (χ2v) is 10.3. The second kappa shape index (κ2) is 5.42. The molecule has 1 heterocycles. The molecule has 1 spiro atoms. The standard InChI is InChI=1S/C14H18ClNO5S2/c1-3-16-8-10-4-5-12(15)6-13(10)14(23(16,19)20)7-11(14)9-22(17,18)21-2/h4-6,11H,3,7-9H2,1-2H3. The molecule has 23 heavy (non-hydrogen) atoms. The Morgan fingerprint density at radius 3 is 2.74 bits per heavy atom. The molecule has 0 amide bonds. The summed E-state index contributed by atoms with van der Waals surface area (Å²) < 4.78 is 54.3. The summed E-state index contributed by atoms with van der Waals surface area (Å²) in [5.41, 5.74) is 1.51. The topological polar surface area (TPSA) is 80.8 Å². The highest BCUT2D eigenvalue weighted by Gasteiger charge is 2.69. The number of nitrogens with zero attached hydrogens (tertiary/aromatic N) is 1. The minimum atomic E-state index is -3.73. The number of rotatable bonds is 4. The molecule has 2 unspecified atom stereocenters. The van der Waals surface area contributed by atoms with Gasteiger partial charge in [0, 0.05) is 24.0 Å². The molecule has 1 aliphatic heterocycles. The molecule has 1 fully saturated rings. The van der Waals surface area contributed by atoms with Crippen molar-refractivity contribution < 1.29 is 21.0 Å². The summed E-state index contributed by atoms with van der Waals surface area (Å²) in [6.45, 7) is 2.40. The molecule has 0 aromatic heterocycles. The Morgan fingerprint density at radius 1 is 1.43 bits per heavy atom. The van der Waals surface area contributed by atoms with Crippen LogP contribution in [0.1, 0.15) is 24.5 Å². The van der Waals surface area contributed by atoms with E-state index in [-0.39, 0.29) is 18.7 Å². The number of benzene rings is 1. The lowest BCUT2D eigenvalue weighted by Crippen LogP contribution is -2.44. The molecule has 1 aromatic carbocycles. The zero-order valence-electron chi connectivity index (χ0n) is 12.8. The Hall–Kier alpha value is -0.670. The van der Waals surface area contributed by atoms with Gasteiger partial charge in [0.15, 0.2) is 0 Å². The van der Waals surface area contributed by atoms with Gasteiger partial charge in [0.05, 0.1) is 12.9 Å². The summed E-state index contributed by atoms with van der Waals surface area (Å²) >= 11 is 6.05. The predicted octanol–water partition coefficient (Wildman–Crippen LogP) is 1.70. The maximum atomic E-state index is 13.0. The minimum Gasteiger partial charge on any atom is -0.273 e. The number of fused-ring (bicyclic) bond motifs is 2. The molecule has 3 rings (SSSR count). The molecular weight excluding hydrogens is 362 g/mol. The van der Waals surface area contributed by atoms with Crippen LogP contribution in [0, 0.1) is 5.92 Å². The summed E-state index contributed by atoms with van der Waals surface area (Å²) in [5.74, 6) is -0.837. The zero-order chi connectivity index (χ0) is 17.0. The molecule has 128 valence electrons. The van der Waals surface area contributed by atoms with Gasteiger partial charge < -0.3 is 0 Å².